The van der Waals surface area contributed by atoms with Gasteiger partial charge in [-0.25, -0.2) is 5.01 Å². The number of carbonyl (C=O) groups is 3. The minimum Gasteiger partial charge on any atom is -0.314 e. The summed E-state index contributed by atoms with van der Waals surface area (Å²) in [5.74, 6) is -1.29. The van der Waals surface area contributed by atoms with Crippen LogP contribution in [0.5, 0.6) is 0 Å². The number of hydrazine groups is 1. The van der Waals surface area contributed by atoms with Crippen LogP contribution in [0, 0.1) is 10.1 Å². The molecule has 3 amide bonds. The summed E-state index contributed by atoms with van der Waals surface area (Å²) < 4.78 is 0. The van der Waals surface area contributed by atoms with E-state index < -0.39 is 28.3 Å². The van der Waals surface area contributed by atoms with Crippen molar-refractivity contribution in [3.05, 3.63) is 39.4 Å². The van der Waals surface area contributed by atoms with E-state index in [-0.39, 0.29) is 17.7 Å². The van der Waals surface area contributed by atoms with Crippen LogP contribution in [-0.4, -0.2) is 50.7 Å². The van der Waals surface area contributed by atoms with Crippen LogP contribution >= 0.6 is 0 Å². The van der Waals surface area contributed by atoms with Gasteiger partial charge in [-0.05, 0) is 6.42 Å². The van der Waals surface area contributed by atoms with Crippen molar-refractivity contribution >= 4 is 23.4 Å². The summed E-state index contributed by atoms with van der Waals surface area (Å²) in [4.78, 5) is 49.5. The summed E-state index contributed by atoms with van der Waals surface area (Å²) in [5, 5.41) is 14.0. The van der Waals surface area contributed by atoms with Crippen molar-refractivity contribution in [2.24, 2.45) is 0 Å². The lowest BCUT2D eigenvalue weighted by atomic mass is 9.93. The van der Waals surface area contributed by atoms with Gasteiger partial charge in [-0.2, -0.15) is 5.01 Å². The third-order valence-corrected chi connectivity index (χ3v) is 4.93. The maximum absolute atomic E-state index is 12.9. The van der Waals surface area contributed by atoms with Crippen LogP contribution in [-0.2, 0) is 15.3 Å². The molecule has 0 radical (unpaired) electrons. The van der Waals surface area contributed by atoms with Crippen molar-refractivity contribution in [1.82, 2.24) is 14.9 Å². The van der Waals surface area contributed by atoms with Crippen molar-refractivity contribution in [1.29, 1.82) is 0 Å². The lowest BCUT2D eigenvalue weighted by Gasteiger charge is -2.47. The minimum atomic E-state index is -1.13. The summed E-state index contributed by atoms with van der Waals surface area (Å²) in [6, 6.07) is 4.43. The first-order chi connectivity index (χ1) is 11.4. The second-order valence-corrected chi connectivity index (χ2v) is 6.11. The molecule has 1 aromatic rings. The Morgan fingerprint density at radius 3 is 2.71 bits per heavy atom. The second-order valence-electron chi connectivity index (χ2n) is 6.11. The quantitative estimate of drug-likeness (QED) is 0.552. The molecule has 1 spiro atoms. The molecule has 0 saturated carbocycles. The molecule has 9 nitrogen and oxygen atoms in total. The maximum atomic E-state index is 12.9. The minimum absolute atomic E-state index is 0.0209. The summed E-state index contributed by atoms with van der Waals surface area (Å²) in [5.41, 5.74) is -0.944. The number of nitro groups is 1. The van der Waals surface area contributed by atoms with Crippen LogP contribution in [0.15, 0.2) is 18.2 Å². The zero-order valence-corrected chi connectivity index (χ0v) is 12.9. The van der Waals surface area contributed by atoms with Gasteiger partial charge in [0.1, 0.15) is 11.2 Å². The van der Waals surface area contributed by atoms with E-state index in [1.54, 1.807) is 11.1 Å². The number of hydrogen-bond acceptors (Lipinski definition) is 6. The molecule has 2 saturated heterocycles. The number of carbonyl (C=O) groups excluding carboxylic acids is 3. The van der Waals surface area contributed by atoms with E-state index >= 15 is 0 Å². The zero-order chi connectivity index (χ0) is 17.2. The standard InChI is InChI=1S/C15H14N4O5/c1-9(20)18-12(21)8-15-10-4-2-5-11(19(23)24)13(10)14(22)16(15)6-3-7-17(15)18/h2,4-5H,3,6-8H2,1H3. The number of hydrogen-bond donors (Lipinski definition) is 0. The fourth-order valence-electron chi connectivity index (χ4n) is 4.14. The molecule has 0 aromatic heterocycles. The van der Waals surface area contributed by atoms with Crippen LogP contribution < -0.4 is 0 Å². The molecule has 4 rings (SSSR count). The van der Waals surface area contributed by atoms with E-state index in [9.17, 15) is 24.5 Å². The highest BCUT2D eigenvalue weighted by Gasteiger charge is 2.64. The summed E-state index contributed by atoms with van der Waals surface area (Å²) >= 11 is 0. The van der Waals surface area contributed by atoms with Crippen molar-refractivity contribution in [3.63, 3.8) is 0 Å². The molecule has 124 valence electrons. The van der Waals surface area contributed by atoms with Gasteiger partial charge in [-0.1, -0.05) is 12.1 Å². The Bertz CT molecular complexity index is 822. The number of nitro benzene ring substituents is 1. The number of fused-ring (bicyclic) bond motifs is 1. The van der Waals surface area contributed by atoms with Gasteiger partial charge in [0.2, 0.25) is 11.8 Å². The Morgan fingerprint density at radius 2 is 2.04 bits per heavy atom. The van der Waals surface area contributed by atoms with Gasteiger partial charge in [-0.3, -0.25) is 24.5 Å². The Balaban J connectivity index is 1.99. The summed E-state index contributed by atoms with van der Waals surface area (Å²) in [6.45, 7) is 2.11. The van der Waals surface area contributed by atoms with Crippen LogP contribution in [0.4, 0.5) is 5.69 Å². The molecule has 1 atom stereocenters. The SMILES string of the molecule is CC(=O)N1C(=O)CC23c4cccc([N+](=O)[O-])c4C(=O)N2CCCN13. The Labute approximate surface area is 136 Å². The van der Waals surface area contributed by atoms with Gasteiger partial charge in [-0.15, -0.1) is 0 Å². The van der Waals surface area contributed by atoms with Crippen LogP contribution in [0.25, 0.3) is 0 Å². The zero-order valence-electron chi connectivity index (χ0n) is 12.9. The molecule has 0 aliphatic carbocycles. The first kappa shape index (κ1) is 14.8. The first-order valence-electron chi connectivity index (χ1n) is 7.60. The smallest absolute Gasteiger partial charge is 0.282 e. The van der Waals surface area contributed by atoms with E-state index in [0.717, 1.165) is 5.01 Å². The van der Waals surface area contributed by atoms with Crippen LogP contribution in [0.3, 0.4) is 0 Å². The molecule has 3 heterocycles. The van der Waals surface area contributed by atoms with Crippen LogP contribution in [0.1, 0.15) is 35.7 Å². The monoisotopic (exact) mass is 330 g/mol. The molecular weight excluding hydrogens is 316 g/mol. The fourth-order valence-corrected chi connectivity index (χ4v) is 4.14. The molecule has 1 aromatic carbocycles. The van der Waals surface area contributed by atoms with Crippen molar-refractivity contribution < 1.29 is 19.3 Å². The van der Waals surface area contributed by atoms with E-state index in [0.29, 0.717) is 25.1 Å². The molecule has 24 heavy (non-hydrogen) atoms. The summed E-state index contributed by atoms with van der Waals surface area (Å²) in [6.07, 6.45) is 0.499. The third kappa shape index (κ3) is 1.54. The first-order valence-corrected chi connectivity index (χ1v) is 7.60. The number of imide groups is 1. The Kier molecular flexibility index (Phi) is 2.83. The molecule has 9 heteroatoms. The van der Waals surface area contributed by atoms with E-state index in [4.69, 9.17) is 0 Å². The molecule has 0 bridgehead atoms. The van der Waals surface area contributed by atoms with Crippen molar-refractivity contribution in [2.75, 3.05) is 13.1 Å². The van der Waals surface area contributed by atoms with Gasteiger partial charge >= 0.3 is 0 Å². The van der Waals surface area contributed by atoms with E-state index in [2.05, 4.69) is 0 Å². The lowest BCUT2D eigenvalue weighted by molar-refractivity contribution is -0.385. The van der Waals surface area contributed by atoms with Crippen molar-refractivity contribution in [3.8, 4) is 0 Å². The van der Waals surface area contributed by atoms with Crippen molar-refractivity contribution in [2.45, 2.75) is 25.4 Å². The van der Waals surface area contributed by atoms with Gasteiger partial charge in [0.25, 0.3) is 11.6 Å². The maximum Gasteiger partial charge on any atom is 0.282 e. The Hall–Kier alpha value is -2.81. The highest BCUT2D eigenvalue weighted by Crippen LogP contribution is 2.52. The van der Waals surface area contributed by atoms with Gasteiger partial charge in [0, 0.05) is 31.6 Å². The number of rotatable bonds is 1. The van der Waals surface area contributed by atoms with E-state index in [1.165, 1.54) is 24.0 Å². The van der Waals surface area contributed by atoms with Crippen LogP contribution in [0.2, 0.25) is 0 Å². The van der Waals surface area contributed by atoms with Gasteiger partial charge in [0.15, 0.2) is 0 Å². The molecule has 3 aliphatic rings. The lowest BCUT2D eigenvalue weighted by Crippen LogP contribution is -2.61. The second kappa shape index (κ2) is 4.60. The topological polar surface area (TPSA) is 104 Å². The van der Waals surface area contributed by atoms with Gasteiger partial charge in [0.05, 0.1) is 11.3 Å². The largest absolute Gasteiger partial charge is 0.314 e. The Morgan fingerprint density at radius 1 is 1.29 bits per heavy atom. The van der Waals surface area contributed by atoms with E-state index in [1.807, 2.05) is 0 Å². The number of amides is 3. The average molecular weight is 330 g/mol. The predicted molar refractivity (Wildman–Crippen MR) is 79.3 cm³/mol. The average Bonchev–Trinajstić information content (AvgIpc) is 2.97. The normalized spacial score (nSPS) is 25.5. The number of nitrogens with zero attached hydrogens (tertiary/aromatic N) is 4. The molecular formula is C15H14N4O5. The highest BCUT2D eigenvalue weighted by molar-refractivity contribution is 6.06. The summed E-state index contributed by atoms with van der Waals surface area (Å²) in [7, 11) is 0. The fraction of sp³-hybridized carbons (Fsp3) is 0.400. The molecule has 0 N–H and O–H groups in total. The van der Waals surface area contributed by atoms with Gasteiger partial charge < -0.3 is 4.90 Å². The molecule has 2 fully saturated rings. The highest BCUT2D eigenvalue weighted by atomic mass is 16.6. The molecule has 3 aliphatic heterocycles. The number of benzene rings is 1. The third-order valence-electron chi connectivity index (χ3n) is 4.93. The molecule has 1 unspecified atom stereocenters. The predicted octanol–water partition coefficient (Wildman–Crippen LogP) is 0.603.